The lowest BCUT2D eigenvalue weighted by Crippen LogP contribution is -2.44. The standard InChI is InChI=1S/C7H14N2O2S2/c1-5(7(8)12)9(2)13(10,11)6-3-4-6/h5-6H,3-4H2,1-2H3,(H2,8,12). The molecule has 0 heterocycles. The summed E-state index contributed by atoms with van der Waals surface area (Å²) in [7, 11) is -1.62. The van der Waals surface area contributed by atoms with Crippen LogP contribution in [-0.4, -0.2) is 36.1 Å². The lowest BCUT2D eigenvalue weighted by molar-refractivity contribution is 0.450. The molecule has 13 heavy (non-hydrogen) atoms. The molecule has 0 aromatic rings. The molecule has 0 saturated heterocycles. The summed E-state index contributed by atoms with van der Waals surface area (Å²) >= 11 is 4.74. The fourth-order valence-electron chi connectivity index (χ4n) is 1.00. The Hall–Kier alpha value is -0.200. The molecule has 0 aromatic carbocycles. The van der Waals surface area contributed by atoms with Crippen LogP contribution in [0.2, 0.25) is 0 Å². The van der Waals surface area contributed by atoms with Gasteiger partial charge in [0.2, 0.25) is 10.0 Å². The first kappa shape index (κ1) is 10.9. The van der Waals surface area contributed by atoms with E-state index in [9.17, 15) is 8.42 Å². The topological polar surface area (TPSA) is 63.4 Å². The van der Waals surface area contributed by atoms with Crippen molar-refractivity contribution < 1.29 is 8.42 Å². The number of hydrogen-bond acceptors (Lipinski definition) is 3. The highest BCUT2D eigenvalue weighted by atomic mass is 32.2. The van der Waals surface area contributed by atoms with E-state index in [4.69, 9.17) is 18.0 Å². The van der Waals surface area contributed by atoms with Crippen molar-refractivity contribution in [1.29, 1.82) is 0 Å². The van der Waals surface area contributed by atoms with Crippen LogP contribution in [0.3, 0.4) is 0 Å². The minimum Gasteiger partial charge on any atom is -0.392 e. The van der Waals surface area contributed by atoms with Gasteiger partial charge in [-0.3, -0.25) is 0 Å². The highest BCUT2D eigenvalue weighted by Gasteiger charge is 2.40. The molecule has 1 aliphatic carbocycles. The van der Waals surface area contributed by atoms with Crippen LogP contribution in [0.15, 0.2) is 0 Å². The summed E-state index contributed by atoms with van der Waals surface area (Å²) in [6, 6.07) is -0.388. The van der Waals surface area contributed by atoms with E-state index in [1.54, 1.807) is 6.92 Å². The van der Waals surface area contributed by atoms with Gasteiger partial charge < -0.3 is 5.73 Å². The van der Waals surface area contributed by atoms with Gasteiger partial charge in [-0.15, -0.1) is 0 Å². The Labute approximate surface area is 84.1 Å². The summed E-state index contributed by atoms with van der Waals surface area (Å²) in [4.78, 5) is 0.215. The van der Waals surface area contributed by atoms with Crippen LogP contribution in [0.25, 0.3) is 0 Å². The number of nitrogens with two attached hydrogens (primary N) is 1. The summed E-state index contributed by atoms with van der Waals surface area (Å²) in [5.74, 6) is 0. The highest BCUT2D eigenvalue weighted by Crippen LogP contribution is 2.31. The van der Waals surface area contributed by atoms with Crippen LogP contribution in [0.5, 0.6) is 0 Å². The van der Waals surface area contributed by atoms with Crippen LogP contribution in [0.4, 0.5) is 0 Å². The van der Waals surface area contributed by atoms with Gasteiger partial charge in [-0.25, -0.2) is 8.42 Å². The van der Waals surface area contributed by atoms with E-state index in [-0.39, 0.29) is 16.3 Å². The largest absolute Gasteiger partial charge is 0.392 e. The van der Waals surface area contributed by atoms with E-state index in [2.05, 4.69) is 0 Å². The van der Waals surface area contributed by atoms with Crippen LogP contribution in [0, 0.1) is 0 Å². The summed E-state index contributed by atoms with van der Waals surface area (Å²) in [5, 5.41) is -0.200. The molecule has 0 radical (unpaired) electrons. The molecule has 0 bridgehead atoms. The maximum atomic E-state index is 11.6. The molecule has 1 unspecified atom stereocenters. The second kappa shape index (κ2) is 3.51. The smallest absolute Gasteiger partial charge is 0.217 e. The van der Waals surface area contributed by atoms with E-state index >= 15 is 0 Å². The van der Waals surface area contributed by atoms with E-state index in [1.165, 1.54) is 11.4 Å². The van der Waals surface area contributed by atoms with Crippen molar-refractivity contribution in [3.05, 3.63) is 0 Å². The number of sulfonamides is 1. The SMILES string of the molecule is CC(C(N)=S)N(C)S(=O)(=O)C1CC1. The summed E-state index contributed by atoms with van der Waals surface area (Å²) in [6.45, 7) is 1.70. The van der Waals surface area contributed by atoms with Crippen LogP contribution in [0.1, 0.15) is 19.8 Å². The summed E-state index contributed by atoms with van der Waals surface area (Å²) in [6.07, 6.45) is 1.52. The molecule has 1 fully saturated rings. The number of hydrogen-bond donors (Lipinski definition) is 1. The zero-order valence-electron chi connectivity index (χ0n) is 7.73. The Morgan fingerprint density at radius 3 is 2.38 bits per heavy atom. The maximum Gasteiger partial charge on any atom is 0.217 e. The molecule has 0 aliphatic heterocycles. The molecular formula is C7H14N2O2S2. The van der Waals surface area contributed by atoms with Gasteiger partial charge in [0.1, 0.15) is 0 Å². The van der Waals surface area contributed by atoms with Crippen molar-refractivity contribution in [3.63, 3.8) is 0 Å². The first-order valence-corrected chi connectivity index (χ1v) is 6.04. The number of thiocarbonyl (C=S) groups is 1. The van der Waals surface area contributed by atoms with Crippen LogP contribution < -0.4 is 5.73 Å². The fourth-order valence-corrected chi connectivity index (χ4v) is 2.98. The molecule has 76 valence electrons. The zero-order chi connectivity index (χ0) is 10.2. The van der Waals surface area contributed by atoms with Gasteiger partial charge in [0.15, 0.2) is 0 Å². The quantitative estimate of drug-likeness (QED) is 0.685. The molecular weight excluding hydrogens is 208 g/mol. The summed E-state index contributed by atoms with van der Waals surface area (Å²) < 4.78 is 24.6. The van der Waals surface area contributed by atoms with Gasteiger partial charge in [-0.2, -0.15) is 4.31 Å². The molecule has 2 N–H and O–H groups in total. The normalized spacial score (nSPS) is 20.2. The molecule has 0 spiro atoms. The van der Waals surface area contributed by atoms with E-state index < -0.39 is 10.0 Å². The van der Waals surface area contributed by atoms with Gasteiger partial charge in [0.05, 0.1) is 16.3 Å². The third kappa shape index (κ3) is 2.18. The molecule has 4 nitrogen and oxygen atoms in total. The monoisotopic (exact) mass is 222 g/mol. The van der Waals surface area contributed by atoms with Gasteiger partial charge in [-0.1, -0.05) is 12.2 Å². The Balaban J connectivity index is 2.76. The lowest BCUT2D eigenvalue weighted by Gasteiger charge is -2.22. The van der Waals surface area contributed by atoms with Crippen molar-refractivity contribution in [2.24, 2.45) is 5.73 Å². The molecule has 1 rings (SSSR count). The third-order valence-electron chi connectivity index (χ3n) is 2.30. The molecule has 6 heteroatoms. The Kier molecular flexibility index (Phi) is 2.94. The molecule has 0 amide bonds. The molecule has 0 aromatic heterocycles. The predicted molar refractivity (Wildman–Crippen MR) is 56.0 cm³/mol. The maximum absolute atomic E-state index is 11.6. The molecule has 1 atom stereocenters. The average Bonchev–Trinajstić information content (AvgIpc) is 2.83. The Morgan fingerprint density at radius 2 is 2.08 bits per heavy atom. The van der Waals surface area contributed by atoms with Crippen molar-refractivity contribution in [2.75, 3.05) is 7.05 Å². The van der Waals surface area contributed by atoms with E-state index in [0.717, 1.165) is 12.8 Å². The number of likely N-dealkylation sites (N-methyl/N-ethyl adjacent to an activating group) is 1. The third-order valence-corrected chi connectivity index (χ3v) is 5.08. The molecule has 1 aliphatic rings. The van der Waals surface area contributed by atoms with Gasteiger partial charge in [-0.05, 0) is 19.8 Å². The number of rotatable bonds is 4. The predicted octanol–water partition coefficient (Wildman–Crippen LogP) is 0.0850. The zero-order valence-corrected chi connectivity index (χ0v) is 9.36. The fraction of sp³-hybridized carbons (Fsp3) is 0.857. The van der Waals surface area contributed by atoms with E-state index in [0.29, 0.717) is 0 Å². The molecule has 1 saturated carbocycles. The summed E-state index contributed by atoms with van der Waals surface area (Å²) in [5.41, 5.74) is 5.38. The second-order valence-electron chi connectivity index (χ2n) is 3.34. The van der Waals surface area contributed by atoms with Gasteiger partial charge in [0.25, 0.3) is 0 Å². The van der Waals surface area contributed by atoms with Crippen molar-refractivity contribution in [3.8, 4) is 0 Å². The van der Waals surface area contributed by atoms with Crippen LogP contribution in [-0.2, 0) is 10.0 Å². The van der Waals surface area contributed by atoms with Crippen molar-refractivity contribution in [2.45, 2.75) is 31.1 Å². The minimum absolute atomic E-state index is 0.200. The van der Waals surface area contributed by atoms with Gasteiger partial charge >= 0.3 is 0 Å². The minimum atomic E-state index is -3.14. The Bertz CT molecular complexity index is 308. The first-order chi connectivity index (χ1) is 5.87. The first-order valence-electron chi connectivity index (χ1n) is 4.13. The highest BCUT2D eigenvalue weighted by molar-refractivity contribution is 7.90. The van der Waals surface area contributed by atoms with E-state index in [1.807, 2.05) is 0 Å². The van der Waals surface area contributed by atoms with Crippen molar-refractivity contribution in [1.82, 2.24) is 4.31 Å². The van der Waals surface area contributed by atoms with Crippen molar-refractivity contribution >= 4 is 27.2 Å². The number of nitrogens with zero attached hydrogens (tertiary/aromatic N) is 1. The Morgan fingerprint density at radius 1 is 1.62 bits per heavy atom. The second-order valence-corrected chi connectivity index (χ2v) is 6.08. The van der Waals surface area contributed by atoms with Crippen LogP contribution >= 0.6 is 12.2 Å². The average molecular weight is 222 g/mol. The van der Waals surface area contributed by atoms with Gasteiger partial charge in [0, 0.05) is 7.05 Å². The lowest BCUT2D eigenvalue weighted by atomic mass is 10.3.